The van der Waals surface area contributed by atoms with Gasteiger partial charge in [-0.25, -0.2) is 9.97 Å². The number of nitrogens with zero attached hydrogens (tertiary/aromatic N) is 4. The minimum absolute atomic E-state index is 0.408. The maximum Gasteiger partial charge on any atom is 0.181 e. The molecule has 176 valence electrons. The Bertz CT molecular complexity index is 1390. The van der Waals surface area contributed by atoms with E-state index in [1.165, 1.54) is 47.9 Å². The number of fused-ring (bicyclic) bond motifs is 3. The van der Waals surface area contributed by atoms with Crippen molar-refractivity contribution >= 4 is 5.71 Å². The molecule has 2 aromatic carbocycles. The summed E-state index contributed by atoms with van der Waals surface area (Å²) in [7, 11) is 0. The van der Waals surface area contributed by atoms with Gasteiger partial charge in [-0.05, 0) is 60.8 Å². The minimum atomic E-state index is 0.408. The molecule has 0 atom stereocenters. The molecule has 0 saturated heterocycles. The van der Waals surface area contributed by atoms with Crippen molar-refractivity contribution in [3.8, 4) is 30.0 Å². The van der Waals surface area contributed by atoms with Crippen LogP contribution in [-0.2, 0) is 12.0 Å². The third-order valence-electron chi connectivity index (χ3n) is 7.48. The molecule has 4 aromatic rings. The highest BCUT2D eigenvalue weighted by Gasteiger charge is 2.57. The van der Waals surface area contributed by atoms with Crippen LogP contribution in [0, 0.1) is 25.7 Å². The average Bonchev–Trinajstić information content (AvgIpc) is 3.48. The van der Waals surface area contributed by atoms with Gasteiger partial charge in [0.1, 0.15) is 12.0 Å². The van der Waals surface area contributed by atoms with Crippen LogP contribution in [-0.4, -0.2) is 20.2 Å². The first-order valence-electron chi connectivity index (χ1n) is 12.3. The number of imidazole rings is 1. The molecule has 2 aromatic heterocycles. The zero-order valence-electron chi connectivity index (χ0n) is 20.5. The van der Waals surface area contributed by atoms with E-state index in [2.05, 4.69) is 76.8 Å². The Hall–Kier alpha value is -3.91. The Morgan fingerprint density at radius 2 is 1.80 bits per heavy atom. The molecule has 0 N–H and O–H groups in total. The van der Waals surface area contributed by atoms with Crippen LogP contribution in [0.15, 0.2) is 70.8 Å². The van der Waals surface area contributed by atoms with Gasteiger partial charge in [0.25, 0.3) is 0 Å². The Morgan fingerprint density at radius 1 is 1.03 bits per heavy atom. The van der Waals surface area contributed by atoms with Gasteiger partial charge in [0.15, 0.2) is 12.2 Å². The number of hydrogen-bond acceptors (Lipinski definition) is 4. The summed E-state index contributed by atoms with van der Waals surface area (Å²) >= 11 is 0. The highest BCUT2D eigenvalue weighted by Crippen LogP contribution is 2.65. The Kier molecular flexibility index (Phi) is 5.90. The van der Waals surface area contributed by atoms with Gasteiger partial charge in [0, 0.05) is 11.1 Å². The lowest BCUT2D eigenvalue weighted by molar-refractivity contribution is -0.0274. The molecule has 0 amide bonds. The molecular weight excluding hydrogens is 432 g/mol. The van der Waals surface area contributed by atoms with E-state index in [0.29, 0.717) is 17.7 Å². The third-order valence-corrected chi connectivity index (χ3v) is 7.48. The third kappa shape index (κ3) is 3.52. The zero-order chi connectivity index (χ0) is 24.6. The maximum atomic E-state index is 5.56. The molecule has 35 heavy (non-hydrogen) atoms. The van der Waals surface area contributed by atoms with Crippen molar-refractivity contribution in [2.24, 2.45) is 10.9 Å². The minimum Gasteiger partial charge on any atom is -0.442 e. The Morgan fingerprint density at radius 3 is 2.46 bits per heavy atom. The zero-order valence-corrected chi connectivity index (χ0v) is 20.5. The van der Waals surface area contributed by atoms with E-state index < -0.39 is 0 Å². The molecule has 3 heterocycles. The number of hydrogen-bond donors (Lipinski definition) is 0. The number of aryl methyl sites for hydroxylation is 1. The lowest BCUT2D eigenvalue weighted by atomic mass is 9.42. The van der Waals surface area contributed by atoms with Crippen molar-refractivity contribution in [1.82, 2.24) is 14.5 Å². The SMILES string of the molecule is C#C.CC.Cc1ccccc1C1=NCc2c(-c3cnco3)ncn2-c2ccc(C34CC(C3)C4)cc21. The lowest BCUT2D eigenvalue weighted by Crippen LogP contribution is -2.55. The molecule has 0 spiro atoms. The molecule has 3 aliphatic carbocycles. The van der Waals surface area contributed by atoms with Gasteiger partial charge in [-0.2, -0.15) is 0 Å². The molecule has 4 aliphatic rings. The molecule has 3 fully saturated rings. The summed E-state index contributed by atoms with van der Waals surface area (Å²) in [5, 5.41) is 0. The van der Waals surface area contributed by atoms with E-state index in [-0.39, 0.29) is 0 Å². The van der Waals surface area contributed by atoms with Crippen LogP contribution in [0.1, 0.15) is 61.1 Å². The van der Waals surface area contributed by atoms with Gasteiger partial charge >= 0.3 is 0 Å². The van der Waals surface area contributed by atoms with Crippen LogP contribution in [0.3, 0.4) is 0 Å². The fourth-order valence-corrected chi connectivity index (χ4v) is 5.68. The molecule has 1 aliphatic heterocycles. The summed E-state index contributed by atoms with van der Waals surface area (Å²) < 4.78 is 7.73. The molecule has 5 nitrogen and oxygen atoms in total. The molecule has 5 heteroatoms. The highest BCUT2D eigenvalue weighted by atomic mass is 16.3. The normalized spacial score (nSPS) is 20.7. The van der Waals surface area contributed by atoms with Gasteiger partial charge in [-0.3, -0.25) is 9.56 Å². The second-order valence-corrected chi connectivity index (χ2v) is 9.25. The topological polar surface area (TPSA) is 56.2 Å². The van der Waals surface area contributed by atoms with Crippen LogP contribution in [0.5, 0.6) is 0 Å². The number of aromatic nitrogens is 3. The van der Waals surface area contributed by atoms with Crippen LogP contribution in [0.25, 0.3) is 17.1 Å². The van der Waals surface area contributed by atoms with Crippen molar-refractivity contribution in [3.05, 3.63) is 89.3 Å². The van der Waals surface area contributed by atoms with Crippen LogP contribution >= 0.6 is 0 Å². The van der Waals surface area contributed by atoms with Crippen molar-refractivity contribution in [2.75, 3.05) is 0 Å². The Labute approximate surface area is 207 Å². The van der Waals surface area contributed by atoms with E-state index in [4.69, 9.17) is 9.41 Å². The van der Waals surface area contributed by atoms with E-state index >= 15 is 0 Å². The molecular formula is C30H30N4O. The fourth-order valence-electron chi connectivity index (χ4n) is 5.68. The number of oxazole rings is 1. The first-order valence-corrected chi connectivity index (χ1v) is 12.3. The van der Waals surface area contributed by atoms with Gasteiger partial charge in [-0.15, -0.1) is 12.8 Å². The second-order valence-electron chi connectivity index (χ2n) is 9.25. The highest BCUT2D eigenvalue weighted by molar-refractivity contribution is 6.16. The van der Waals surface area contributed by atoms with Gasteiger partial charge < -0.3 is 4.42 Å². The van der Waals surface area contributed by atoms with E-state index in [1.807, 2.05) is 20.2 Å². The summed E-state index contributed by atoms with van der Waals surface area (Å²) in [6.45, 7) is 6.70. The van der Waals surface area contributed by atoms with E-state index in [0.717, 1.165) is 28.7 Å². The molecule has 2 bridgehead atoms. The summed E-state index contributed by atoms with van der Waals surface area (Å²) in [6, 6.07) is 15.5. The van der Waals surface area contributed by atoms with Crippen molar-refractivity contribution in [1.29, 1.82) is 0 Å². The second kappa shape index (κ2) is 9.03. The number of rotatable bonds is 3. The number of aliphatic imine (C=N–C) groups is 1. The van der Waals surface area contributed by atoms with Gasteiger partial charge in [0.2, 0.25) is 0 Å². The number of terminal acetylenes is 1. The number of benzene rings is 2. The smallest absolute Gasteiger partial charge is 0.181 e. The predicted octanol–water partition coefficient (Wildman–Crippen LogP) is 6.51. The van der Waals surface area contributed by atoms with Crippen molar-refractivity contribution in [3.63, 3.8) is 0 Å². The van der Waals surface area contributed by atoms with Crippen LogP contribution < -0.4 is 0 Å². The van der Waals surface area contributed by atoms with E-state index in [1.54, 1.807) is 6.20 Å². The summed E-state index contributed by atoms with van der Waals surface area (Å²) in [5.74, 6) is 1.63. The summed E-state index contributed by atoms with van der Waals surface area (Å²) in [4.78, 5) is 13.9. The fraction of sp³-hybridized carbons (Fsp3) is 0.300. The van der Waals surface area contributed by atoms with Gasteiger partial charge in [-0.1, -0.05) is 44.2 Å². The first kappa shape index (κ1) is 22.9. The largest absolute Gasteiger partial charge is 0.442 e. The van der Waals surface area contributed by atoms with Crippen LogP contribution in [0.4, 0.5) is 0 Å². The standard InChI is InChI=1S/C26H22N4O.C2H6.C2H2/c1-16-4-2-3-5-19(16)24-20-8-18(26-9-17(10-26)11-26)6-7-21(20)30-14-29-25(22(30)12-28-24)23-13-27-15-31-23;2*1-2/h2-8,13-15,17H,9-12H2,1H3;1-2H3;1-2H. The molecule has 0 radical (unpaired) electrons. The Balaban J connectivity index is 0.000000605. The summed E-state index contributed by atoms with van der Waals surface area (Å²) in [5.41, 5.74) is 9.53. The average molecular weight is 463 g/mol. The molecule has 3 saturated carbocycles. The molecule has 8 rings (SSSR count). The first-order chi connectivity index (χ1) is 17.2. The quantitative estimate of drug-likeness (QED) is 0.326. The lowest BCUT2D eigenvalue weighted by Gasteiger charge is -2.62. The van der Waals surface area contributed by atoms with Gasteiger partial charge in [0.05, 0.1) is 29.8 Å². The van der Waals surface area contributed by atoms with Crippen LogP contribution in [0.2, 0.25) is 0 Å². The monoisotopic (exact) mass is 462 g/mol. The maximum absolute atomic E-state index is 5.56. The van der Waals surface area contributed by atoms with Crippen molar-refractivity contribution < 1.29 is 4.42 Å². The van der Waals surface area contributed by atoms with Crippen molar-refractivity contribution in [2.45, 2.75) is 52.0 Å². The molecule has 0 unspecified atom stereocenters. The van der Waals surface area contributed by atoms with E-state index in [9.17, 15) is 0 Å². The summed E-state index contributed by atoms with van der Waals surface area (Å²) in [6.07, 6.45) is 17.1. The predicted molar refractivity (Wildman–Crippen MR) is 140 cm³/mol.